The second-order valence-corrected chi connectivity index (χ2v) is 6.84. The molecule has 0 aliphatic heterocycles. The van der Waals surface area contributed by atoms with E-state index in [-0.39, 0.29) is 5.91 Å². The molecule has 5 heteroatoms. The van der Waals surface area contributed by atoms with Gasteiger partial charge in [-0.25, -0.2) is 0 Å². The fraction of sp³-hybridized carbons (Fsp3) is 0.562. The van der Waals surface area contributed by atoms with Crippen LogP contribution in [0.15, 0.2) is 24.3 Å². The summed E-state index contributed by atoms with van der Waals surface area (Å²) in [6.45, 7) is 4.62. The van der Waals surface area contributed by atoms with Gasteiger partial charge in [0.2, 0.25) is 5.91 Å². The largest absolute Gasteiger partial charge is 0.368 e. The number of amides is 1. The first kappa shape index (κ1) is 18.3. The minimum atomic E-state index is -0.581. The number of hydrogen-bond donors (Lipinski definition) is 2. The summed E-state index contributed by atoms with van der Waals surface area (Å²) in [6.07, 6.45) is 2.84. The van der Waals surface area contributed by atoms with E-state index >= 15 is 0 Å². The van der Waals surface area contributed by atoms with Crippen molar-refractivity contribution in [2.45, 2.75) is 44.4 Å². The zero-order valence-corrected chi connectivity index (χ0v) is 14.4. The van der Waals surface area contributed by atoms with Crippen molar-refractivity contribution in [3.05, 3.63) is 34.9 Å². The molecule has 1 unspecified atom stereocenters. The zero-order chi connectivity index (χ0) is 15.7. The summed E-state index contributed by atoms with van der Waals surface area (Å²) >= 11 is 7.99. The topological polar surface area (TPSA) is 55.1 Å². The third-order valence-electron chi connectivity index (χ3n) is 3.54. The number of carbonyl (C=O) groups excluding carboxylic acids is 1. The van der Waals surface area contributed by atoms with Crippen LogP contribution < -0.4 is 11.1 Å². The molecule has 3 N–H and O–H groups in total. The van der Waals surface area contributed by atoms with Gasteiger partial charge in [0, 0.05) is 10.8 Å². The molecule has 1 aromatic carbocycles. The molecule has 0 bridgehead atoms. The van der Waals surface area contributed by atoms with Gasteiger partial charge in [0.1, 0.15) is 0 Å². The van der Waals surface area contributed by atoms with Crippen LogP contribution in [0.4, 0.5) is 0 Å². The fourth-order valence-electron chi connectivity index (χ4n) is 2.17. The summed E-state index contributed by atoms with van der Waals surface area (Å²) in [5, 5.41) is 4.02. The number of likely N-dealkylation sites (N-methyl/N-ethyl adjacent to an activating group) is 1. The SMILES string of the molecule is CCNC(C)(CCCCSCc1ccccc1Cl)C(N)=O. The Bertz CT molecular complexity index is 456. The van der Waals surface area contributed by atoms with Gasteiger partial charge in [-0.3, -0.25) is 4.79 Å². The first-order valence-electron chi connectivity index (χ1n) is 7.35. The molecule has 0 spiro atoms. The highest BCUT2D eigenvalue weighted by Crippen LogP contribution is 2.22. The number of unbranched alkanes of at least 4 members (excludes halogenated alkanes) is 1. The highest BCUT2D eigenvalue weighted by atomic mass is 35.5. The quantitative estimate of drug-likeness (QED) is 0.645. The summed E-state index contributed by atoms with van der Waals surface area (Å²) in [7, 11) is 0. The smallest absolute Gasteiger partial charge is 0.237 e. The van der Waals surface area contributed by atoms with Gasteiger partial charge in [-0.1, -0.05) is 43.1 Å². The monoisotopic (exact) mass is 328 g/mol. The van der Waals surface area contributed by atoms with Gasteiger partial charge in [0.15, 0.2) is 0 Å². The first-order chi connectivity index (χ1) is 9.99. The van der Waals surface area contributed by atoms with Crippen molar-refractivity contribution in [1.29, 1.82) is 0 Å². The van der Waals surface area contributed by atoms with Gasteiger partial charge < -0.3 is 11.1 Å². The van der Waals surface area contributed by atoms with Crippen molar-refractivity contribution in [1.82, 2.24) is 5.32 Å². The van der Waals surface area contributed by atoms with Crippen LogP contribution >= 0.6 is 23.4 Å². The lowest BCUT2D eigenvalue weighted by atomic mass is 9.94. The van der Waals surface area contributed by atoms with Crippen molar-refractivity contribution in [3.63, 3.8) is 0 Å². The molecule has 1 atom stereocenters. The maximum Gasteiger partial charge on any atom is 0.237 e. The fourth-order valence-corrected chi connectivity index (χ4v) is 3.48. The Labute approximate surface area is 137 Å². The van der Waals surface area contributed by atoms with E-state index in [1.165, 1.54) is 5.56 Å². The number of nitrogens with one attached hydrogen (secondary N) is 1. The van der Waals surface area contributed by atoms with Crippen molar-refractivity contribution in [2.75, 3.05) is 12.3 Å². The molecule has 21 heavy (non-hydrogen) atoms. The number of thioether (sulfide) groups is 1. The average molecular weight is 329 g/mol. The van der Waals surface area contributed by atoms with Crippen LogP contribution in [0.5, 0.6) is 0 Å². The van der Waals surface area contributed by atoms with Crippen LogP contribution in [0.1, 0.15) is 38.7 Å². The number of primary amides is 1. The van der Waals surface area contributed by atoms with Crippen molar-refractivity contribution in [2.24, 2.45) is 5.73 Å². The molecule has 3 nitrogen and oxygen atoms in total. The van der Waals surface area contributed by atoms with Gasteiger partial charge in [0.25, 0.3) is 0 Å². The summed E-state index contributed by atoms with van der Waals surface area (Å²) in [4.78, 5) is 11.5. The number of nitrogens with two attached hydrogens (primary N) is 1. The molecule has 0 aliphatic rings. The average Bonchev–Trinajstić information content (AvgIpc) is 2.44. The summed E-state index contributed by atoms with van der Waals surface area (Å²) in [5.41, 5.74) is 6.07. The van der Waals surface area contributed by atoms with E-state index < -0.39 is 5.54 Å². The van der Waals surface area contributed by atoms with Crippen LogP contribution in [-0.2, 0) is 10.5 Å². The molecule has 0 aliphatic carbocycles. The maximum absolute atomic E-state index is 11.5. The van der Waals surface area contributed by atoms with E-state index in [9.17, 15) is 4.79 Å². The Hall–Kier alpha value is -0.710. The van der Waals surface area contributed by atoms with Crippen molar-refractivity contribution < 1.29 is 4.79 Å². The highest BCUT2D eigenvalue weighted by molar-refractivity contribution is 7.98. The van der Waals surface area contributed by atoms with E-state index in [0.29, 0.717) is 0 Å². The molecule has 0 fully saturated rings. The number of carbonyl (C=O) groups is 1. The number of halogens is 1. The molecule has 118 valence electrons. The number of hydrogen-bond acceptors (Lipinski definition) is 3. The Morgan fingerprint density at radius 1 is 1.38 bits per heavy atom. The minimum Gasteiger partial charge on any atom is -0.368 e. The predicted octanol–water partition coefficient (Wildman–Crippen LogP) is 3.60. The number of benzene rings is 1. The second-order valence-electron chi connectivity index (χ2n) is 5.33. The molecule has 0 radical (unpaired) electrons. The molecule has 1 rings (SSSR count). The first-order valence-corrected chi connectivity index (χ1v) is 8.89. The Morgan fingerprint density at radius 3 is 2.71 bits per heavy atom. The molecule has 1 amide bonds. The second kappa shape index (κ2) is 9.34. The summed E-state index contributed by atoms with van der Waals surface area (Å²) < 4.78 is 0. The van der Waals surface area contributed by atoms with E-state index in [1.54, 1.807) is 0 Å². The molecule has 0 saturated heterocycles. The van der Waals surface area contributed by atoms with Gasteiger partial charge in [-0.15, -0.1) is 0 Å². The van der Waals surface area contributed by atoms with Crippen molar-refractivity contribution in [3.8, 4) is 0 Å². The van der Waals surface area contributed by atoms with Gasteiger partial charge in [-0.2, -0.15) is 11.8 Å². The molecule has 0 heterocycles. The minimum absolute atomic E-state index is 0.270. The van der Waals surface area contributed by atoms with E-state index in [0.717, 1.165) is 42.3 Å². The van der Waals surface area contributed by atoms with Crippen LogP contribution in [0.3, 0.4) is 0 Å². The van der Waals surface area contributed by atoms with Crippen LogP contribution in [-0.4, -0.2) is 23.7 Å². The summed E-state index contributed by atoms with van der Waals surface area (Å²) in [5.74, 6) is 1.72. The van der Waals surface area contributed by atoms with E-state index in [1.807, 2.05) is 43.8 Å². The van der Waals surface area contributed by atoms with Gasteiger partial charge in [0.05, 0.1) is 5.54 Å². The van der Waals surface area contributed by atoms with Gasteiger partial charge in [-0.05, 0) is 43.7 Å². The van der Waals surface area contributed by atoms with Crippen molar-refractivity contribution >= 4 is 29.3 Å². The van der Waals surface area contributed by atoms with Crippen LogP contribution in [0, 0.1) is 0 Å². The van der Waals surface area contributed by atoms with Crippen LogP contribution in [0.25, 0.3) is 0 Å². The highest BCUT2D eigenvalue weighted by Gasteiger charge is 2.28. The zero-order valence-electron chi connectivity index (χ0n) is 12.8. The van der Waals surface area contributed by atoms with Crippen LogP contribution in [0.2, 0.25) is 5.02 Å². The Balaban J connectivity index is 2.22. The van der Waals surface area contributed by atoms with Gasteiger partial charge >= 0.3 is 0 Å². The maximum atomic E-state index is 11.5. The third kappa shape index (κ3) is 6.29. The molecular weight excluding hydrogens is 304 g/mol. The van der Waals surface area contributed by atoms with E-state index in [2.05, 4.69) is 11.4 Å². The third-order valence-corrected chi connectivity index (χ3v) is 5.00. The number of rotatable bonds is 10. The lowest BCUT2D eigenvalue weighted by molar-refractivity contribution is -0.124. The molecular formula is C16H25ClN2OS. The Morgan fingerprint density at radius 2 is 2.10 bits per heavy atom. The van der Waals surface area contributed by atoms with E-state index in [4.69, 9.17) is 17.3 Å². The molecule has 0 aromatic heterocycles. The lowest BCUT2D eigenvalue weighted by Gasteiger charge is -2.26. The standard InChI is InChI=1S/C16H25ClN2OS/c1-3-19-16(2,15(18)20)10-6-7-11-21-12-13-8-4-5-9-14(13)17/h4-5,8-9,19H,3,6-7,10-12H2,1-2H3,(H2,18,20). The normalized spacial score (nSPS) is 13.9. The predicted molar refractivity (Wildman–Crippen MR) is 92.7 cm³/mol. The Kier molecular flexibility index (Phi) is 8.15. The lowest BCUT2D eigenvalue weighted by Crippen LogP contribution is -2.52. The molecule has 0 saturated carbocycles. The molecule has 1 aromatic rings. The summed E-state index contributed by atoms with van der Waals surface area (Å²) in [6, 6.07) is 7.94.